The molecule has 0 saturated heterocycles. The Morgan fingerprint density at radius 1 is 0.667 bits per heavy atom. The Labute approximate surface area is 126 Å². The predicted octanol–water partition coefficient (Wildman–Crippen LogP) is 3.93. The fourth-order valence-corrected chi connectivity index (χ4v) is 16.1. The van der Waals surface area contributed by atoms with E-state index in [9.17, 15) is 0 Å². The van der Waals surface area contributed by atoms with Crippen molar-refractivity contribution in [2.24, 2.45) is 0 Å². The highest BCUT2D eigenvalue weighted by Gasteiger charge is 2.23. The molecule has 15 heavy (non-hydrogen) atoms. The lowest BCUT2D eigenvalue weighted by Crippen LogP contribution is -2.13. The summed E-state index contributed by atoms with van der Waals surface area (Å²) in [4.78, 5) is 0. The van der Waals surface area contributed by atoms with E-state index in [-0.39, 0.29) is 39.7 Å². The van der Waals surface area contributed by atoms with Crippen molar-refractivity contribution in [1.29, 1.82) is 0 Å². The van der Waals surface area contributed by atoms with Crippen molar-refractivity contribution in [2.75, 3.05) is 25.0 Å². The molecule has 0 aromatic heterocycles. The second kappa shape index (κ2) is 8.82. The maximum Gasteiger partial charge on any atom is 0.0315 e. The maximum atomic E-state index is 4.64. The average Bonchev–Trinajstić information content (AvgIpc) is 2.01. The van der Waals surface area contributed by atoms with Gasteiger partial charge in [0.25, 0.3) is 0 Å². The number of hydrogen-bond acceptors (Lipinski definition) is 4. The zero-order valence-electron chi connectivity index (χ0n) is 9.44. The maximum absolute atomic E-state index is 4.64. The van der Waals surface area contributed by atoms with Crippen molar-refractivity contribution < 1.29 is 0 Å². The monoisotopic (exact) mass is 364 g/mol. The van der Waals surface area contributed by atoms with Crippen LogP contribution in [0.1, 0.15) is 6.42 Å². The van der Waals surface area contributed by atoms with Crippen LogP contribution >= 0.6 is 86.4 Å². The van der Waals surface area contributed by atoms with E-state index in [2.05, 4.69) is 71.7 Å². The third kappa shape index (κ3) is 7.08. The van der Waals surface area contributed by atoms with Gasteiger partial charge < -0.3 is 0 Å². The van der Waals surface area contributed by atoms with E-state index in [1.165, 1.54) is 6.42 Å². The van der Waals surface area contributed by atoms with Gasteiger partial charge in [0.05, 0.1) is 0 Å². The fraction of sp³-hybridized carbons (Fsp3) is 1.00. The van der Waals surface area contributed by atoms with E-state index in [1.54, 1.807) is 0 Å². The highest BCUT2D eigenvalue weighted by Crippen LogP contribution is 2.57. The Bertz CT molecular complexity index is 134. The van der Waals surface area contributed by atoms with Crippen molar-refractivity contribution in [3.8, 4) is 0 Å². The van der Waals surface area contributed by atoms with E-state index in [4.69, 9.17) is 0 Å². The Morgan fingerprint density at radius 3 is 1.00 bits per heavy atom. The molecule has 0 fully saturated rings. The lowest BCUT2D eigenvalue weighted by atomic mass is 10.5. The van der Waals surface area contributed by atoms with Gasteiger partial charge in [0, 0.05) is 9.16 Å². The minimum Gasteiger partial charge on any atom is -0.199 e. The van der Waals surface area contributed by atoms with Crippen molar-refractivity contribution >= 4 is 86.4 Å². The second-order valence-corrected chi connectivity index (χ2v) is 19.0. The molecule has 0 N–H and O–H groups in total. The summed E-state index contributed by atoms with van der Waals surface area (Å²) < 4.78 is 1.36. The van der Waals surface area contributed by atoms with E-state index in [0.29, 0.717) is 9.16 Å². The molecule has 0 aliphatic heterocycles. The predicted molar refractivity (Wildman–Crippen MR) is 108 cm³/mol. The Hall–Kier alpha value is 2.80. The van der Waals surface area contributed by atoms with Crippen LogP contribution in [0.5, 0.6) is 0 Å². The van der Waals surface area contributed by atoms with Gasteiger partial charge in [-0.2, -0.15) is 39.7 Å². The molecule has 0 aromatic carbocycles. The summed E-state index contributed by atoms with van der Waals surface area (Å²) >= 11 is 18.6. The third-order valence-electron chi connectivity index (χ3n) is 2.15. The zero-order valence-corrected chi connectivity index (χ0v) is 16.6. The molecule has 0 bridgehead atoms. The van der Waals surface area contributed by atoms with Gasteiger partial charge in [-0.3, -0.25) is 0 Å². The van der Waals surface area contributed by atoms with Gasteiger partial charge >= 0.3 is 0 Å². The Balaban J connectivity index is 4.48. The van der Waals surface area contributed by atoms with Gasteiger partial charge in [0.1, 0.15) is 0 Å². The van der Waals surface area contributed by atoms with Gasteiger partial charge in [0.2, 0.25) is 0 Å². The fourth-order valence-electron chi connectivity index (χ4n) is 1.28. The van der Waals surface area contributed by atoms with E-state index >= 15 is 0 Å². The van der Waals surface area contributed by atoms with Crippen LogP contribution in [0.2, 0.25) is 0 Å². The molecule has 0 heterocycles. The summed E-state index contributed by atoms with van der Waals surface area (Å²) in [7, 11) is -0.743. The molecule has 8 heteroatoms. The van der Waals surface area contributed by atoms with Gasteiger partial charge in [0.15, 0.2) is 0 Å². The summed E-state index contributed by atoms with van der Waals surface area (Å²) in [5.41, 5.74) is 0. The van der Waals surface area contributed by atoms with Crippen LogP contribution in [0.3, 0.4) is 0 Å². The topological polar surface area (TPSA) is 0 Å². The number of thiol groups is 8. The van der Waals surface area contributed by atoms with Crippen molar-refractivity contribution in [3.63, 3.8) is 0 Å². The number of rotatable bonds is 6. The van der Waals surface area contributed by atoms with Gasteiger partial charge in [-0.15, -0.1) is 46.6 Å². The van der Waals surface area contributed by atoms with Crippen molar-refractivity contribution in [1.82, 2.24) is 0 Å². The van der Waals surface area contributed by atoms with E-state index in [0.717, 1.165) is 0 Å². The van der Waals surface area contributed by atoms with E-state index in [1.807, 2.05) is 0 Å². The Morgan fingerprint density at radius 2 is 0.867 bits per heavy atom. The molecular formula is C7H24S8. The summed E-state index contributed by atoms with van der Waals surface area (Å²) in [6.07, 6.45) is 10.2. The summed E-state index contributed by atoms with van der Waals surface area (Å²) in [6, 6.07) is 0. The molecule has 100 valence electrons. The first-order valence-corrected chi connectivity index (χ1v) is 16.5. The van der Waals surface area contributed by atoms with Crippen LogP contribution in [-0.2, 0) is 0 Å². The molecule has 0 amide bonds. The van der Waals surface area contributed by atoms with Crippen LogP contribution in [0, 0.1) is 0 Å². The second-order valence-electron chi connectivity index (χ2n) is 3.49. The molecular weight excluding hydrogens is 341 g/mol. The third-order valence-corrected chi connectivity index (χ3v) is 16.1. The average molecular weight is 365 g/mol. The van der Waals surface area contributed by atoms with Crippen LogP contribution < -0.4 is 0 Å². The zero-order chi connectivity index (χ0) is 12.2. The van der Waals surface area contributed by atoms with Crippen molar-refractivity contribution in [2.45, 2.75) is 15.6 Å². The van der Waals surface area contributed by atoms with Crippen LogP contribution in [0.15, 0.2) is 0 Å². The number of hydrogen-bond donors (Lipinski definition) is 8. The van der Waals surface area contributed by atoms with Crippen molar-refractivity contribution in [3.05, 3.63) is 0 Å². The molecule has 4 atom stereocenters. The largest absolute Gasteiger partial charge is 0.199 e. The van der Waals surface area contributed by atoms with Gasteiger partial charge in [-0.1, -0.05) is 0 Å². The highest BCUT2D eigenvalue weighted by atomic mass is 33.1. The Kier molecular flexibility index (Phi) is 10.5. The molecule has 0 aromatic rings. The molecule has 0 nitrogen and oxygen atoms in total. The summed E-state index contributed by atoms with van der Waals surface area (Å²) in [6.45, 7) is 0. The first-order valence-electron chi connectivity index (χ1n) is 4.44. The summed E-state index contributed by atoms with van der Waals surface area (Å²) in [5.74, 6) is 0. The minimum absolute atomic E-state index is 0.186. The van der Waals surface area contributed by atoms with Crippen LogP contribution in [0.25, 0.3) is 0 Å². The molecule has 0 aliphatic carbocycles. The summed E-state index contributed by atoms with van der Waals surface area (Å²) in [5, 5.41) is 0. The molecule has 0 rings (SSSR count). The normalized spacial score (nSPS) is 28.8. The van der Waals surface area contributed by atoms with Gasteiger partial charge in [-0.05, 0) is 31.4 Å². The standard InChI is InChI=1S/C7H24S8/c1-12(8)6(13(2)9)5-7(14(3)10)15(4)11/h6-15H,5H2,1-4H3. The highest BCUT2D eigenvalue weighted by molar-refractivity contribution is 8.88. The molecule has 0 spiro atoms. The van der Waals surface area contributed by atoms with Gasteiger partial charge in [-0.25, -0.2) is 0 Å². The first-order chi connectivity index (χ1) is 6.77. The molecule has 0 saturated carbocycles. The van der Waals surface area contributed by atoms with Crippen LogP contribution in [0.4, 0.5) is 0 Å². The first kappa shape index (κ1) is 17.8. The lowest BCUT2D eigenvalue weighted by molar-refractivity contribution is 1.03. The quantitative estimate of drug-likeness (QED) is 0.254. The molecule has 0 radical (unpaired) electrons. The van der Waals surface area contributed by atoms with E-state index < -0.39 is 0 Å². The smallest absolute Gasteiger partial charge is 0.0315 e. The molecule has 4 unspecified atom stereocenters. The minimum atomic E-state index is -0.186. The SMILES string of the molecule is C[SH](S)C(CC([SH](C)S)[SH](C)S)[SH](C)S. The molecule has 0 aliphatic rings. The lowest BCUT2D eigenvalue weighted by Gasteiger charge is -2.37. The van der Waals surface area contributed by atoms with Crippen LogP contribution in [-0.4, -0.2) is 34.2 Å².